The van der Waals surface area contributed by atoms with Gasteiger partial charge in [-0.2, -0.15) is 18.4 Å². The summed E-state index contributed by atoms with van der Waals surface area (Å²) < 4.78 is 38.2. The van der Waals surface area contributed by atoms with Crippen LogP contribution in [-0.4, -0.2) is 12.0 Å². The van der Waals surface area contributed by atoms with Gasteiger partial charge in [-0.15, -0.1) is 11.8 Å². The van der Waals surface area contributed by atoms with Crippen LogP contribution in [0, 0.1) is 11.3 Å². The molecule has 106 valence electrons. The lowest BCUT2D eigenvalue weighted by atomic mass is 10.2. The molecule has 0 heterocycles. The van der Waals surface area contributed by atoms with Crippen molar-refractivity contribution in [3.05, 3.63) is 46.5 Å². The molecule has 1 aromatic carbocycles. The molecule has 0 aliphatic rings. The molecule has 1 rings (SSSR count). The van der Waals surface area contributed by atoms with E-state index < -0.39 is 16.8 Å². The van der Waals surface area contributed by atoms with Crippen molar-refractivity contribution in [1.82, 2.24) is 0 Å². The Bertz CT molecular complexity index is 552. The smallest absolute Gasteiger partial charge is 0.387 e. The first-order valence-corrected chi connectivity index (χ1v) is 6.52. The van der Waals surface area contributed by atoms with Crippen molar-refractivity contribution in [2.24, 2.45) is 10.7 Å². The van der Waals surface area contributed by atoms with Crippen LogP contribution >= 0.6 is 11.8 Å². The first kappa shape index (κ1) is 16.1. The Kier molecular flexibility index (Phi) is 5.65. The highest BCUT2D eigenvalue weighted by Gasteiger charge is 2.37. The number of rotatable bonds is 4. The zero-order valence-corrected chi connectivity index (χ0v) is 11.4. The van der Waals surface area contributed by atoms with Crippen molar-refractivity contribution in [3.8, 4) is 6.07 Å². The fraction of sp³-hybridized carbons (Fsp3) is 0.231. The maximum atomic E-state index is 12.7. The number of amidine groups is 1. The van der Waals surface area contributed by atoms with Crippen LogP contribution in [0.4, 0.5) is 13.2 Å². The van der Waals surface area contributed by atoms with E-state index in [0.29, 0.717) is 0 Å². The van der Waals surface area contributed by atoms with Gasteiger partial charge in [0.1, 0.15) is 11.1 Å². The molecule has 1 aromatic rings. The van der Waals surface area contributed by atoms with E-state index in [4.69, 9.17) is 11.0 Å². The molecule has 0 radical (unpaired) electrons. The van der Waals surface area contributed by atoms with E-state index in [9.17, 15) is 13.2 Å². The number of nitriles is 1. The lowest BCUT2D eigenvalue weighted by Gasteiger charge is -2.09. The summed E-state index contributed by atoms with van der Waals surface area (Å²) in [5.74, 6) is 0.242. The standard InChI is InChI=1S/C13H12F3N3S/c1-9(18)19-12(11(7-17)13(14,15)16)20-8-10-5-3-2-4-6-10/h2-6H,8H2,1H3,(H2,18,19)/b12-11-. The molecule has 0 atom stereocenters. The SMILES string of the molecule is C/C(N)=N/C(SCc1ccccc1)=C(\C#N)C(F)(F)F. The largest absolute Gasteiger partial charge is 0.428 e. The van der Waals surface area contributed by atoms with Gasteiger partial charge in [0.2, 0.25) is 0 Å². The highest BCUT2D eigenvalue weighted by Crippen LogP contribution is 2.34. The van der Waals surface area contributed by atoms with Gasteiger partial charge in [-0.25, -0.2) is 4.99 Å². The maximum absolute atomic E-state index is 12.7. The molecule has 0 aliphatic carbocycles. The molecule has 0 spiro atoms. The molecule has 0 bridgehead atoms. The topological polar surface area (TPSA) is 62.2 Å². The van der Waals surface area contributed by atoms with E-state index in [-0.39, 0.29) is 11.6 Å². The number of thioether (sulfide) groups is 1. The van der Waals surface area contributed by atoms with Crippen molar-refractivity contribution >= 4 is 17.6 Å². The summed E-state index contributed by atoms with van der Waals surface area (Å²) in [5.41, 5.74) is 4.83. The van der Waals surface area contributed by atoms with E-state index in [1.807, 2.05) is 6.07 Å². The third-order valence-corrected chi connectivity index (χ3v) is 3.15. The summed E-state index contributed by atoms with van der Waals surface area (Å²) in [6, 6.07) is 10.1. The molecule has 20 heavy (non-hydrogen) atoms. The Morgan fingerprint density at radius 2 is 1.95 bits per heavy atom. The van der Waals surface area contributed by atoms with Gasteiger partial charge < -0.3 is 5.73 Å². The van der Waals surface area contributed by atoms with Gasteiger partial charge in [-0.1, -0.05) is 30.3 Å². The minimum atomic E-state index is -4.74. The normalized spacial score (nSPS) is 13.7. The quantitative estimate of drug-likeness (QED) is 0.525. The minimum absolute atomic E-state index is 0.0300. The molecule has 0 aromatic heterocycles. The number of aliphatic imine (C=N–C) groups is 1. The Morgan fingerprint density at radius 1 is 1.35 bits per heavy atom. The fourth-order valence-corrected chi connectivity index (χ4v) is 2.29. The minimum Gasteiger partial charge on any atom is -0.387 e. The van der Waals surface area contributed by atoms with Crippen LogP contribution in [0.2, 0.25) is 0 Å². The van der Waals surface area contributed by atoms with Crippen molar-refractivity contribution < 1.29 is 13.2 Å². The van der Waals surface area contributed by atoms with Crippen molar-refractivity contribution in [2.75, 3.05) is 0 Å². The van der Waals surface area contributed by atoms with Crippen LogP contribution in [0.3, 0.4) is 0 Å². The van der Waals surface area contributed by atoms with Gasteiger partial charge in [-0.05, 0) is 12.5 Å². The van der Waals surface area contributed by atoms with Crippen LogP contribution in [0.25, 0.3) is 0 Å². The molecule has 2 N–H and O–H groups in total. The molecule has 0 aliphatic heterocycles. The van der Waals surface area contributed by atoms with Gasteiger partial charge >= 0.3 is 6.18 Å². The lowest BCUT2D eigenvalue weighted by molar-refractivity contribution is -0.0877. The second-order valence-corrected chi connectivity index (χ2v) is 4.78. The first-order valence-electron chi connectivity index (χ1n) is 5.53. The summed E-state index contributed by atoms with van der Waals surface area (Å²) in [7, 11) is 0. The number of benzene rings is 1. The highest BCUT2D eigenvalue weighted by molar-refractivity contribution is 8.02. The second kappa shape index (κ2) is 7.01. The molecule has 3 nitrogen and oxygen atoms in total. The third kappa shape index (κ3) is 4.97. The molecule has 0 amide bonds. The van der Waals surface area contributed by atoms with Gasteiger partial charge in [0.15, 0.2) is 5.57 Å². The molecule has 0 unspecified atom stereocenters. The van der Waals surface area contributed by atoms with Crippen LogP contribution in [0.5, 0.6) is 0 Å². The van der Waals surface area contributed by atoms with E-state index >= 15 is 0 Å². The van der Waals surface area contributed by atoms with Gasteiger partial charge in [-0.3, -0.25) is 0 Å². The van der Waals surface area contributed by atoms with E-state index in [1.165, 1.54) is 6.92 Å². The maximum Gasteiger partial charge on any atom is 0.428 e. The number of nitrogens with two attached hydrogens (primary N) is 1. The predicted molar refractivity (Wildman–Crippen MR) is 73.7 cm³/mol. The number of nitrogens with zero attached hydrogens (tertiary/aromatic N) is 2. The molecular weight excluding hydrogens is 287 g/mol. The Morgan fingerprint density at radius 3 is 2.40 bits per heavy atom. The lowest BCUT2D eigenvalue weighted by Crippen LogP contribution is -2.13. The summed E-state index contributed by atoms with van der Waals surface area (Å²) in [5, 5.41) is 8.28. The van der Waals surface area contributed by atoms with Gasteiger partial charge in [0.05, 0.1) is 5.84 Å². The van der Waals surface area contributed by atoms with Crippen LogP contribution in [0.1, 0.15) is 12.5 Å². The summed E-state index contributed by atoms with van der Waals surface area (Å²) in [4.78, 5) is 3.62. The molecule has 7 heteroatoms. The number of alkyl halides is 3. The number of allylic oxidation sites excluding steroid dienone is 1. The monoisotopic (exact) mass is 299 g/mol. The average Bonchev–Trinajstić information content (AvgIpc) is 2.35. The van der Waals surface area contributed by atoms with Crippen molar-refractivity contribution in [1.29, 1.82) is 5.26 Å². The summed E-state index contributed by atoms with van der Waals surface area (Å²) in [6.07, 6.45) is -4.74. The average molecular weight is 299 g/mol. The number of halogens is 3. The Labute approximate surface area is 119 Å². The number of hydrogen-bond donors (Lipinski definition) is 1. The van der Waals surface area contributed by atoms with E-state index in [0.717, 1.165) is 23.4 Å². The molecular formula is C13H12F3N3S. The van der Waals surface area contributed by atoms with Crippen molar-refractivity contribution in [2.45, 2.75) is 18.9 Å². The molecule has 0 saturated carbocycles. The molecule has 0 fully saturated rings. The van der Waals surface area contributed by atoms with Crippen LogP contribution in [-0.2, 0) is 5.75 Å². The Balaban J connectivity index is 3.06. The Hall–Kier alpha value is -1.94. The van der Waals surface area contributed by atoms with Crippen molar-refractivity contribution in [3.63, 3.8) is 0 Å². The zero-order chi connectivity index (χ0) is 15.2. The van der Waals surface area contributed by atoms with E-state index in [1.54, 1.807) is 24.3 Å². The van der Waals surface area contributed by atoms with Gasteiger partial charge in [0.25, 0.3) is 0 Å². The molecule has 0 saturated heterocycles. The third-order valence-electron chi connectivity index (χ3n) is 2.11. The van der Waals surface area contributed by atoms with Crippen LogP contribution in [0.15, 0.2) is 45.9 Å². The first-order chi connectivity index (χ1) is 9.34. The van der Waals surface area contributed by atoms with Gasteiger partial charge in [0, 0.05) is 5.75 Å². The fourth-order valence-electron chi connectivity index (χ4n) is 1.28. The highest BCUT2D eigenvalue weighted by atomic mass is 32.2. The zero-order valence-electron chi connectivity index (χ0n) is 10.6. The summed E-state index contributed by atoms with van der Waals surface area (Å²) in [6.45, 7) is 1.37. The predicted octanol–water partition coefficient (Wildman–Crippen LogP) is 3.59. The summed E-state index contributed by atoms with van der Waals surface area (Å²) >= 11 is 0.832. The number of hydrogen-bond acceptors (Lipinski definition) is 3. The van der Waals surface area contributed by atoms with E-state index in [2.05, 4.69) is 4.99 Å². The second-order valence-electron chi connectivity index (χ2n) is 3.82. The van der Waals surface area contributed by atoms with Crippen LogP contribution < -0.4 is 5.73 Å².